The second kappa shape index (κ2) is 7.79. The fourth-order valence-corrected chi connectivity index (χ4v) is 4.30. The summed E-state index contributed by atoms with van der Waals surface area (Å²) >= 11 is 19.5. The van der Waals surface area contributed by atoms with Gasteiger partial charge in [-0.15, -0.1) is 0 Å². The van der Waals surface area contributed by atoms with E-state index < -0.39 is 0 Å². The van der Waals surface area contributed by atoms with Crippen molar-refractivity contribution >= 4 is 57.7 Å². The summed E-state index contributed by atoms with van der Waals surface area (Å²) in [7, 11) is 1.83. The maximum atomic E-state index is 12.5. The van der Waals surface area contributed by atoms with E-state index in [0.717, 1.165) is 11.1 Å². The molecule has 0 atom stereocenters. The van der Waals surface area contributed by atoms with Gasteiger partial charge in [0.1, 0.15) is 5.82 Å². The van der Waals surface area contributed by atoms with E-state index in [2.05, 4.69) is 15.0 Å². The number of nitrogens with zero attached hydrogens (tertiary/aromatic N) is 3. The highest BCUT2D eigenvalue weighted by molar-refractivity contribution is 7.98. The third kappa shape index (κ3) is 3.78. The molecule has 4 rings (SSSR count). The van der Waals surface area contributed by atoms with Crippen molar-refractivity contribution < 1.29 is 0 Å². The zero-order valence-electron chi connectivity index (χ0n) is 14.5. The lowest BCUT2D eigenvalue weighted by Crippen LogP contribution is -2.10. The third-order valence-corrected chi connectivity index (χ3v) is 5.95. The highest BCUT2D eigenvalue weighted by Gasteiger charge is 2.15. The molecular weight excluding hydrogens is 439 g/mol. The molecule has 9 heteroatoms. The number of hydrogen-bond donors (Lipinski definition) is 1. The van der Waals surface area contributed by atoms with E-state index in [1.165, 1.54) is 11.8 Å². The van der Waals surface area contributed by atoms with Crippen LogP contribution in [0.25, 0.3) is 22.6 Å². The van der Waals surface area contributed by atoms with Gasteiger partial charge in [0, 0.05) is 33.4 Å². The second-order valence-electron chi connectivity index (χ2n) is 6.07. The quantitative estimate of drug-likeness (QED) is 0.325. The average Bonchev–Trinajstić information content (AvgIpc) is 2.99. The molecule has 142 valence electrons. The van der Waals surface area contributed by atoms with Crippen LogP contribution >= 0.6 is 46.6 Å². The number of aromatic nitrogens is 4. The smallest absolute Gasteiger partial charge is 0.279 e. The molecule has 2 heterocycles. The van der Waals surface area contributed by atoms with Gasteiger partial charge in [0.2, 0.25) is 0 Å². The highest BCUT2D eigenvalue weighted by Crippen LogP contribution is 2.28. The van der Waals surface area contributed by atoms with Gasteiger partial charge >= 0.3 is 0 Å². The van der Waals surface area contributed by atoms with E-state index >= 15 is 0 Å². The third-order valence-electron chi connectivity index (χ3n) is 4.19. The van der Waals surface area contributed by atoms with Crippen LogP contribution < -0.4 is 5.56 Å². The number of aryl methyl sites for hydroxylation is 1. The number of thioether (sulfide) groups is 1. The Hall–Kier alpha value is -1.99. The Morgan fingerprint density at radius 1 is 1.04 bits per heavy atom. The Labute approximate surface area is 179 Å². The Morgan fingerprint density at radius 3 is 2.46 bits per heavy atom. The largest absolute Gasteiger partial charge is 0.312 e. The summed E-state index contributed by atoms with van der Waals surface area (Å²) in [5, 5.41) is 2.29. The van der Waals surface area contributed by atoms with Gasteiger partial charge in [-0.05, 0) is 42.0 Å². The number of imidazole rings is 1. The molecule has 5 nitrogen and oxygen atoms in total. The highest BCUT2D eigenvalue weighted by atomic mass is 35.5. The molecule has 0 aliphatic rings. The van der Waals surface area contributed by atoms with Gasteiger partial charge in [0.25, 0.3) is 5.56 Å². The number of benzene rings is 2. The maximum absolute atomic E-state index is 12.5. The van der Waals surface area contributed by atoms with Crippen LogP contribution in [0.4, 0.5) is 0 Å². The van der Waals surface area contributed by atoms with Crippen molar-refractivity contribution in [3.63, 3.8) is 0 Å². The summed E-state index contributed by atoms with van der Waals surface area (Å²) in [6.07, 6.45) is 0. The van der Waals surface area contributed by atoms with Crippen molar-refractivity contribution in [1.82, 2.24) is 19.5 Å². The molecule has 1 N–H and O–H groups in total. The predicted molar refractivity (Wildman–Crippen MR) is 116 cm³/mol. The topological polar surface area (TPSA) is 63.6 Å². The van der Waals surface area contributed by atoms with Crippen molar-refractivity contribution in [2.45, 2.75) is 10.9 Å². The van der Waals surface area contributed by atoms with Crippen LogP contribution in [0.1, 0.15) is 5.56 Å². The van der Waals surface area contributed by atoms with E-state index in [0.29, 0.717) is 43.0 Å². The van der Waals surface area contributed by atoms with Gasteiger partial charge in [0.15, 0.2) is 16.3 Å². The zero-order chi connectivity index (χ0) is 19.8. The molecule has 2 aromatic carbocycles. The van der Waals surface area contributed by atoms with Gasteiger partial charge in [-0.1, -0.05) is 52.6 Å². The number of nitrogens with one attached hydrogen (secondary N) is 1. The monoisotopic (exact) mass is 450 g/mol. The molecule has 0 saturated heterocycles. The van der Waals surface area contributed by atoms with Crippen LogP contribution in [-0.4, -0.2) is 19.5 Å². The van der Waals surface area contributed by atoms with Crippen molar-refractivity contribution in [2.24, 2.45) is 7.05 Å². The molecule has 2 aromatic heterocycles. The molecule has 0 bridgehead atoms. The summed E-state index contributed by atoms with van der Waals surface area (Å²) < 4.78 is 1.80. The Bertz CT molecular complexity index is 1230. The fourth-order valence-electron chi connectivity index (χ4n) is 2.76. The Kier molecular flexibility index (Phi) is 5.38. The van der Waals surface area contributed by atoms with Gasteiger partial charge in [-0.3, -0.25) is 9.78 Å². The lowest BCUT2D eigenvalue weighted by atomic mass is 10.2. The summed E-state index contributed by atoms with van der Waals surface area (Å²) in [6, 6.07) is 12.6. The molecule has 0 aliphatic heterocycles. The first-order chi connectivity index (χ1) is 13.4. The van der Waals surface area contributed by atoms with Crippen molar-refractivity contribution in [1.29, 1.82) is 0 Å². The Balaban J connectivity index is 1.68. The van der Waals surface area contributed by atoms with Crippen LogP contribution in [0.2, 0.25) is 15.1 Å². The molecule has 0 saturated carbocycles. The number of fused-ring (bicyclic) bond motifs is 1. The lowest BCUT2D eigenvalue weighted by molar-refractivity contribution is 0.900. The predicted octanol–water partition coefficient (Wildman–Crippen LogP) is 5.58. The van der Waals surface area contributed by atoms with E-state index in [4.69, 9.17) is 34.8 Å². The second-order valence-corrected chi connectivity index (χ2v) is 8.31. The maximum Gasteiger partial charge on any atom is 0.279 e. The summed E-state index contributed by atoms with van der Waals surface area (Å²) in [5.74, 6) is 1.19. The van der Waals surface area contributed by atoms with E-state index in [-0.39, 0.29) is 5.56 Å². The van der Waals surface area contributed by atoms with Crippen LogP contribution in [0.15, 0.2) is 52.4 Å². The van der Waals surface area contributed by atoms with Crippen LogP contribution in [0.3, 0.4) is 0 Å². The molecule has 28 heavy (non-hydrogen) atoms. The van der Waals surface area contributed by atoms with Crippen LogP contribution in [-0.2, 0) is 12.8 Å². The van der Waals surface area contributed by atoms with E-state index in [1.54, 1.807) is 28.8 Å². The lowest BCUT2D eigenvalue weighted by Gasteiger charge is -2.05. The van der Waals surface area contributed by atoms with Crippen molar-refractivity contribution in [3.8, 4) is 11.4 Å². The SMILES string of the molecule is Cn1c(-c2ccc(Cl)cc2)nc2c(=O)[nH]c(SCc3ccc(Cl)cc3Cl)nc21. The fraction of sp³-hybridized carbons (Fsp3) is 0.105. The first kappa shape index (κ1) is 19.3. The zero-order valence-corrected chi connectivity index (χ0v) is 17.6. The first-order valence-corrected chi connectivity index (χ1v) is 10.3. The minimum absolute atomic E-state index is 0.287. The number of hydrogen-bond acceptors (Lipinski definition) is 4. The summed E-state index contributed by atoms with van der Waals surface area (Å²) in [5.41, 5.74) is 2.28. The molecule has 4 aromatic rings. The standard InChI is InChI=1S/C19H13Cl3N4OS/c1-26-16(10-2-5-12(20)6-3-10)23-15-17(26)24-19(25-18(15)27)28-9-11-4-7-13(21)8-14(11)22/h2-8H,9H2,1H3,(H,24,25,27). The minimum atomic E-state index is -0.287. The van der Waals surface area contributed by atoms with E-state index in [9.17, 15) is 4.79 Å². The van der Waals surface area contributed by atoms with Crippen molar-refractivity contribution in [2.75, 3.05) is 0 Å². The molecule has 0 spiro atoms. The normalized spacial score (nSPS) is 11.3. The van der Waals surface area contributed by atoms with Crippen LogP contribution in [0, 0.1) is 0 Å². The van der Waals surface area contributed by atoms with Gasteiger partial charge in [-0.2, -0.15) is 0 Å². The van der Waals surface area contributed by atoms with Gasteiger partial charge in [0.05, 0.1) is 0 Å². The average molecular weight is 452 g/mol. The molecule has 0 unspecified atom stereocenters. The molecule has 0 fully saturated rings. The number of H-pyrrole nitrogens is 1. The number of aromatic amines is 1. The number of rotatable bonds is 4. The Morgan fingerprint density at radius 2 is 1.75 bits per heavy atom. The van der Waals surface area contributed by atoms with E-state index in [1.807, 2.05) is 25.2 Å². The summed E-state index contributed by atoms with van der Waals surface area (Å²) in [6.45, 7) is 0. The molecule has 0 amide bonds. The van der Waals surface area contributed by atoms with Gasteiger partial charge < -0.3 is 4.57 Å². The van der Waals surface area contributed by atoms with Gasteiger partial charge in [-0.25, -0.2) is 9.97 Å². The minimum Gasteiger partial charge on any atom is -0.312 e. The summed E-state index contributed by atoms with van der Waals surface area (Å²) in [4.78, 5) is 24.3. The van der Waals surface area contributed by atoms with Crippen molar-refractivity contribution in [3.05, 3.63) is 73.4 Å². The molecule has 0 aliphatic carbocycles. The molecule has 0 radical (unpaired) electrons. The number of halogens is 3. The van der Waals surface area contributed by atoms with Crippen LogP contribution in [0.5, 0.6) is 0 Å². The first-order valence-electron chi connectivity index (χ1n) is 8.22. The molecular formula is C19H13Cl3N4OS.